The van der Waals surface area contributed by atoms with Crippen LogP contribution in [0, 0.1) is 0 Å². The number of aromatic nitrogens is 2. The van der Waals surface area contributed by atoms with Crippen LogP contribution < -0.4 is 14.8 Å². The number of hydrogen-bond acceptors (Lipinski definition) is 5. The van der Waals surface area contributed by atoms with Crippen molar-refractivity contribution in [3.8, 4) is 22.8 Å². The lowest BCUT2D eigenvalue weighted by Crippen LogP contribution is -2.29. The SMILES string of the molecule is COc1ccc(-c2nc(C(=O)NC[C@H](O)c3ccccc3)cc3c2[nH]c2ccccc23)cc1OC. The summed E-state index contributed by atoms with van der Waals surface area (Å²) in [4.78, 5) is 21.3. The van der Waals surface area contributed by atoms with Gasteiger partial charge >= 0.3 is 0 Å². The van der Waals surface area contributed by atoms with Gasteiger partial charge in [0.25, 0.3) is 5.91 Å². The van der Waals surface area contributed by atoms with Crippen molar-refractivity contribution in [3.05, 3.63) is 90.1 Å². The average Bonchev–Trinajstić information content (AvgIpc) is 3.29. The molecule has 0 fully saturated rings. The summed E-state index contributed by atoms with van der Waals surface area (Å²) in [5.74, 6) is 0.804. The molecule has 0 spiro atoms. The highest BCUT2D eigenvalue weighted by molar-refractivity contribution is 6.13. The maximum Gasteiger partial charge on any atom is 0.270 e. The smallest absolute Gasteiger partial charge is 0.270 e. The van der Waals surface area contributed by atoms with E-state index in [1.165, 1.54) is 0 Å². The molecule has 7 heteroatoms. The molecule has 7 nitrogen and oxygen atoms in total. The number of benzene rings is 3. The number of carbonyl (C=O) groups is 1. The molecule has 3 N–H and O–H groups in total. The van der Waals surface area contributed by atoms with Gasteiger partial charge in [-0.1, -0.05) is 48.5 Å². The number of methoxy groups -OCH3 is 2. The van der Waals surface area contributed by atoms with E-state index in [2.05, 4.69) is 10.3 Å². The zero-order valence-corrected chi connectivity index (χ0v) is 19.4. The van der Waals surface area contributed by atoms with Crippen LogP contribution >= 0.6 is 0 Å². The van der Waals surface area contributed by atoms with E-state index in [1.54, 1.807) is 20.3 Å². The number of aromatic amines is 1. The Labute approximate surface area is 202 Å². The number of carbonyl (C=O) groups excluding carboxylic acids is 1. The van der Waals surface area contributed by atoms with Gasteiger partial charge in [-0.25, -0.2) is 4.98 Å². The van der Waals surface area contributed by atoms with Crippen molar-refractivity contribution in [2.24, 2.45) is 0 Å². The molecule has 1 amide bonds. The molecular formula is C28H25N3O4. The molecule has 1 atom stereocenters. The quantitative estimate of drug-likeness (QED) is 0.318. The lowest BCUT2D eigenvalue weighted by atomic mass is 10.1. The van der Waals surface area contributed by atoms with Crippen molar-refractivity contribution in [2.45, 2.75) is 6.10 Å². The van der Waals surface area contributed by atoms with E-state index in [-0.39, 0.29) is 18.1 Å². The second kappa shape index (κ2) is 9.48. The highest BCUT2D eigenvalue weighted by Gasteiger charge is 2.19. The first kappa shape index (κ1) is 22.4. The highest BCUT2D eigenvalue weighted by Crippen LogP contribution is 2.36. The normalized spacial score (nSPS) is 12.0. The minimum atomic E-state index is -0.817. The van der Waals surface area contributed by atoms with Crippen molar-refractivity contribution in [1.29, 1.82) is 0 Å². The van der Waals surface area contributed by atoms with E-state index in [1.807, 2.05) is 72.8 Å². The fraction of sp³-hybridized carbons (Fsp3) is 0.143. The summed E-state index contributed by atoms with van der Waals surface area (Å²) in [6.45, 7) is 0.0716. The first-order chi connectivity index (χ1) is 17.1. The zero-order chi connectivity index (χ0) is 24.4. The van der Waals surface area contributed by atoms with Crippen LogP contribution in [0.1, 0.15) is 22.2 Å². The van der Waals surface area contributed by atoms with Crippen molar-refractivity contribution >= 4 is 27.7 Å². The van der Waals surface area contributed by atoms with E-state index < -0.39 is 6.10 Å². The largest absolute Gasteiger partial charge is 0.493 e. The summed E-state index contributed by atoms with van der Waals surface area (Å²) in [5.41, 5.74) is 4.15. The molecule has 176 valence electrons. The number of ether oxygens (including phenoxy) is 2. The molecule has 35 heavy (non-hydrogen) atoms. The molecular weight excluding hydrogens is 442 g/mol. The number of nitrogens with zero attached hydrogens (tertiary/aromatic N) is 1. The summed E-state index contributed by atoms with van der Waals surface area (Å²) in [6, 6.07) is 24.5. The molecule has 0 aliphatic carbocycles. The van der Waals surface area contributed by atoms with Gasteiger partial charge in [-0.15, -0.1) is 0 Å². The van der Waals surface area contributed by atoms with E-state index in [0.29, 0.717) is 17.2 Å². The van der Waals surface area contributed by atoms with Gasteiger partial charge in [-0.2, -0.15) is 0 Å². The average molecular weight is 468 g/mol. The Morgan fingerprint density at radius 2 is 1.69 bits per heavy atom. The van der Waals surface area contributed by atoms with Crippen LogP contribution in [0.2, 0.25) is 0 Å². The third-order valence-corrected chi connectivity index (χ3v) is 6.03. The van der Waals surface area contributed by atoms with Gasteiger partial charge in [-0.3, -0.25) is 4.79 Å². The van der Waals surface area contributed by atoms with E-state index >= 15 is 0 Å². The number of fused-ring (bicyclic) bond motifs is 3. The van der Waals surface area contributed by atoms with E-state index in [9.17, 15) is 9.90 Å². The van der Waals surface area contributed by atoms with Crippen LogP contribution in [0.4, 0.5) is 0 Å². The molecule has 5 rings (SSSR count). The molecule has 0 unspecified atom stereocenters. The predicted molar refractivity (Wildman–Crippen MR) is 136 cm³/mol. The zero-order valence-electron chi connectivity index (χ0n) is 19.4. The standard InChI is InChI=1S/C28H25N3O4/c1-34-24-13-12-18(14-25(24)35-2)26-27-20(19-10-6-7-11-21(19)30-27)15-22(31-26)28(33)29-16-23(32)17-8-4-3-5-9-17/h3-15,23,30,32H,16H2,1-2H3,(H,29,33)/t23-/m0/s1. The predicted octanol–water partition coefficient (Wildman–Crippen LogP) is 4.86. The minimum Gasteiger partial charge on any atom is -0.493 e. The molecule has 3 aromatic carbocycles. The number of nitrogens with one attached hydrogen (secondary N) is 2. The number of amides is 1. The van der Waals surface area contributed by atoms with Gasteiger partial charge in [0.15, 0.2) is 11.5 Å². The van der Waals surface area contributed by atoms with E-state index in [4.69, 9.17) is 14.5 Å². The van der Waals surface area contributed by atoms with Gasteiger partial charge in [0.05, 0.1) is 31.5 Å². The number of aliphatic hydroxyl groups excluding tert-OH is 1. The highest BCUT2D eigenvalue weighted by atomic mass is 16.5. The van der Waals surface area contributed by atoms with Gasteiger partial charge in [0, 0.05) is 28.4 Å². The summed E-state index contributed by atoms with van der Waals surface area (Å²) in [5, 5.41) is 15.2. The van der Waals surface area contributed by atoms with Crippen molar-refractivity contribution in [3.63, 3.8) is 0 Å². The van der Waals surface area contributed by atoms with Crippen LogP contribution in [0.3, 0.4) is 0 Å². The summed E-state index contributed by atoms with van der Waals surface area (Å²) < 4.78 is 10.9. The van der Waals surface area contributed by atoms with Crippen LogP contribution in [-0.2, 0) is 0 Å². The van der Waals surface area contributed by atoms with Crippen LogP contribution in [0.15, 0.2) is 78.9 Å². The Kier molecular flexibility index (Phi) is 6.08. The Hall–Kier alpha value is -4.36. The maximum atomic E-state index is 13.1. The molecule has 0 aliphatic rings. The minimum absolute atomic E-state index is 0.0716. The number of pyridine rings is 1. The van der Waals surface area contributed by atoms with Crippen molar-refractivity contribution in [2.75, 3.05) is 20.8 Å². The fourth-order valence-corrected chi connectivity index (χ4v) is 4.23. The second-order valence-corrected chi connectivity index (χ2v) is 8.16. The first-order valence-electron chi connectivity index (χ1n) is 11.2. The summed E-state index contributed by atoms with van der Waals surface area (Å²) in [7, 11) is 3.16. The number of rotatable bonds is 7. The lowest BCUT2D eigenvalue weighted by molar-refractivity contribution is 0.0911. The number of para-hydroxylation sites is 1. The summed E-state index contributed by atoms with van der Waals surface area (Å²) in [6.07, 6.45) is -0.817. The Morgan fingerprint density at radius 1 is 0.943 bits per heavy atom. The Morgan fingerprint density at radius 3 is 2.46 bits per heavy atom. The topological polar surface area (TPSA) is 96.5 Å². The van der Waals surface area contributed by atoms with Gasteiger partial charge < -0.3 is 24.9 Å². The second-order valence-electron chi connectivity index (χ2n) is 8.16. The monoisotopic (exact) mass is 467 g/mol. The van der Waals surface area contributed by atoms with Crippen LogP contribution in [-0.4, -0.2) is 41.7 Å². The van der Waals surface area contributed by atoms with Crippen LogP contribution in [0.25, 0.3) is 33.1 Å². The Bertz CT molecular complexity index is 1510. The molecule has 0 aliphatic heterocycles. The molecule has 2 aromatic heterocycles. The van der Waals surface area contributed by atoms with Gasteiger partial charge in [0.2, 0.25) is 0 Å². The Balaban J connectivity index is 1.57. The van der Waals surface area contributed by atoms with Crippen molar-refractivity contribution in [1.82, 2.24) is 15.3 Å². The molecule has 2 heterocycles. The van der Waals surface area contributed by atoms with Gasteiger partial charge in [-0.05, 0) is 35.9 Å². The maximum absolute atomic E-state index is 13.1. The molecule has 0 bridgehead atoms. The molecule has 0 radical (unpaired) electrons. The fourth-order valence-electron chi connectivity index (χ4n) is 4.23. The van der Waals surface area contributed by atoms with Crippen molar-refractivity contribution < 1.29 is 19.4 Å². The number of aliphatic hydroxyl groups is 1. The molecule has 5 aromatic rings. The first-order valence-corrected chi connectivity index (χ1v) is 11.2. The lowest BCUT2D eigenvalue weighted by Gasteiger charge is -2.13. The third-order valence-electron chi connectivity index (χ3n) is 6.03. The van der Waals surface area contributed by atoms with Crippen LogP contribution in [0.5, 0.6) is 11.5 Å². The number of H-pyrrole nitrogens is 1. The summed E-state index contributed by atoms with van der Waals surface area (Å²) >= 11 is 0. The number of hydrogen-bond donors (Lipinski definition) is 3. The van der Waals surface area contributed by atoms with E-state index in [0.717, 1.165) is 32.9 Å². The molecule has 0 saturated carbocycles. The third kappa shape index (κ3) is 4.29. The van der Waals surface area contributed by atoms with Gasteiger partial charge in [0.1, 0.15) is 5.69 Å². The molecule has 0 saturated heterocycles.